The van der Waals surface area contributed by atoms with Crippen molar-refractivity contribution in [3.8, 4) is 0 Å². The fraction of sp³-hybridized carbons (Fsp3) is 0.0500. The summed E-state index contributed by atoms with van der Waals surface area (Å²) in [5.74, 6) is 0.0269. The quantitative estimate of drug-likeness (QED) is 0.686. The summed E-state index contributed by atoms with van der Waals surface area (Å²) in [6.07, 6.45) is 0. The molecule has 0 bridgehead atoms. The molecule has 0 unspecified atom stereocenters. The van der Waals surface area contributed by atoms with E-state index >= 15 is 0 Å². The fourth-order valence-corrected chi connectivity index (χ4v) is 2.38. The van der Waals surface area contributed by atoms with Crippen LogP contribution >= 0.6 is 0 Å². The first-order valence-electron chi connectivity index (χ1n) is 7.26. The van der Waals surface area contributed by atoms with Crippen LogP contribution in [0.15, 0.2) is 78.9 Å². The lowest BCUT2D eigenvalue weighted by Gasteiger charge is -2.12. The summed E-state index contributed by atoms with van der Waals surface area (Å²) in [7, 11) is 0. The first-order chi connectivity index (χ1) is 10.7. The Balaban J connectivity index is 1.99. The molecule has 0 aliphatic heterocycles. The van der Waals surface area contributed by atoms with Gasteiger partial charge in [0.2, 0.25) is 0 Å². The lowest BCUT2D eigenvalue weighted by Crippen LogP contribution is -2.05. The molecule has 0 saturated heterocycles. The number of carbonyl (C=O) groups is 1. The van der Waals surface area contributed by atoms with Gasteiger partial charge in [0, 0.05) is 22.5 Å². The van der Waals surface area contributed by atoms with Gasteiger partial charge in [-0.15, -0.1) is 0 Å². The molecule has 0 saturated carbocycles. The standard InChI is InChI=1S/C20H17NO/c1-15-12-13-18(20(22)16-8-4-2-5-9-16)19(14-15)21-17-10-6-3-7-11-17/h2-14,21H,1H3. The van der Waals surface area contributed by atoms with Crippen LogP contribution in [0.1, 0.15) is 21.5 Å². The van der Waals surface area contributed by atoms with E-state index in [1.54, 1.807) is 0 Å². The van der Waals surface area contributed by atoms with Gasteiger partial charge < -0.3 is 5.32 Å². The molecule has 0 fully saturated rings. The van der Waals surface area contributed by atoms with Gasteiger partial charge in [-0.1, -0.05) is 54.6 Å². The average molecular weight is 287 g/mol. The maximum atomic E-state index is 12.7. The highest BCUT2D eigenvalue weighted by Gasteiger charge is 2.13. The van der Waals surface area contributed by atoms with Crippen LogP contribution in [0.4, 0.5) is 11.4 Å². The number of nitrogens with one attached hydrogen (secondary N) is 1. The minimum Gasteiger partial charge on any atom is -0.355 e. The summed E-state index contributed by atoms with van der Waals surface area (Å²) in [6, 6.07) is 25.1. The Morgan fingerprint density at radius 1 is 0.818 bits per heavy atom. The summed E-state index contributed by atoms with van der Waals surface area (Å²) in [4.78, 5) is 12.7. The molecule has 0 aromatic heterocycles. The molecule has 2 nitrogen and oxygen atoms in total. The number of rotatable bonds is 4. The Labute approximate surface area is 130 Å². The van der Waals surface area contributed by atoms with E-state index in [4.69, 9.17) is 0 Å². The van der Waals surface area contributed by atoms with Gasteiger partial charge in [0.15, 0.2) is 5.78 Å². The number of hydrogen-bond acceptors (Lipinski definition) is 2. The van der Waals surface area contributed by atoms with Gasteiger partial charge in [-0.3, -0.25) is 4.79 Å². The molecule has 0 atom stereocenters. The molecule has 0 heterocycles. The van der Waals surface area contributed by atoms with Crippen molar-refractivity contribution in [2.24, 2.45) is 0 Å². The smallest absolute Gasteiger partial charge is 0.195 e. The molecule has 0 spiro atoms. The summed E-state index contributed by atoms with van der Waals surface area (Å²) in [5.41, 5.74) is 4.29. The molecular formula is C20H17NO. The zero-order chi connectivity index (χ0) is 15.4. The first kappa shape index (κ1) is 14.1. The third-order valence-corrected chi connectivity index (χ3v) is 3.51. The van der Waals surface area contributed by atoms with Gasteiger partial charge in [-0.2, -0.15) is 0 Å². The van der Waals surface area contributed by atoms with Crippen molar-refractivity contribution < 1.29 is 4.79 Å². The lowest BCUT2D eigenvalue weighted by atomic mass is 10.00. The van der Waals surface area contributed by atoms with E-state index in [-0.39, 0.29) is 5.78 Å². The Bertz CT molecular complexity index is 779. The van der Waals surface area contributed by atoms with E-state index in [1.807, 2.05) is 85.8 Å². The second kappa shape index (κ2) is 6.27. The summed E-state index contributed by atoms with van der Waals surface area (Å²) < 4.78 is 0. The van der Waals surface area contributed by atoms with Crippen molar-refractivity contribution in [2.45, 2.75) is 6.92 Å². The lowest BCUT2D eigenvalue weighted by molar-refractivity contribution is 0.103. The van der Waals surface area contributed by atoms with Crippen LogP contribution in [0.2, 0.25) is 0 Å². The van der Waals surface area contributed by atoms with Crippen LogP contribution < -0.4 is 5.32 Å². The Morgan fingerprint density at radius 3 is 2.14 bits per heavy atom. The van der Waals surface area contributed by atoms with Crippen molar-refractivity contribution in [1.29, 1.82) is 0 Å². The predicted octanol–water partition coefficient (Wildman–Crippen LogP) is 4.97. The summed E-state index contributed by atoms with van der Waals surface area (Å²) in [6.45, 7) is 2.02. The summed E-state index contributed by atoms with van der Waals surface area (Å²) >= 11 is 0. The van der Waals surface area contributed by atoms with E-state index in [1.165, 1.54) is 0 Å². The highest BCUT2D eigenvalue weighted by atomic mass is 16.1. The topological polar surface area (TPSA) is 29.1 Å². The Morgan fingerprint density at radius 2 is 1.45 bits per heavy atom. The number of carbonyl (C=O) groups excluding carboxylic acids is 1. The molecule has 0 aliphatic rings. The minimum atomic E-state index is 0.0269. The van der Waals surface area contributed by atoms with Gasteiger partial charge in [0.25, 0.3) is 0 Å². The van der Waals surface area contributed by atoms with Crippen LogP contribution in [0, 0.1) is 6.92 Å². The molecule has 1 N–H and O–H groups in total. The van der Waals surface area contributed by atoms with Crippen LogP contribution in [0.25, 0.3) is 0 Å². The number of ketones is 1. The monoisotopic (exact) mass is 287 g/mol. The second-order valence-corrected chi connectivity index (χ2v) is 5.24. The third-order valence-electron chi connectivity index (χ3n) is 3.51. The Kier molecular flexibility index (Phi) is 4.01. The van der Waals surface area contributed by atoms with Gasteiger partial charge in [0.05, 0.1) is 0 Å². The Hall–Kier alpha value is -2.87. The van der Waals surface area contributed by atoms with E-state index in [2.05, 4.69) is 5.32 Å². The maximum Gasteiger partial charge on any atom is 0.195 e. The molecule has 108 valence electrons. The highest BCUT2D eigenvalue weighted by molar-refractivity contribution is 6.12. The highest BCUT2D eigenvalue weighted by Crippen LogP contribution is 2.24. The molecule has 0 aliphatic carbocycles. The van der Waals surface area contributed by atoms with Crippen LogP contribution in [0.5, 0.6) is 0 Å². The number of benzene rings is 3. The van der Waals surface area contributed by atoms with Gasteiger partial charge in [0.1, 0.15) is 0 Å². The van der Waals surface area contributed by atoms with Gasteiger partial charge in [-0.25, -0.2) is 0 Å². The van der Waals surface area contributed by atoms with Crippen LogP contribution in [-0.2, 0) is 0 Å². The van der Waals surface area contributed by atoms with Gasteiger partial charge >= 0.3 is 0 Å². The predicted molar refractivity (Wildman–Crippen MR) is 90.8 cm³/mol. The normalized spacial score (nSPS) is 10.2. The summed E-state index contributed by atoms with van der Waals surface area (Å²) in [5, 5.41) is 3.34. The SMILES string of the molecule is Cc1ccc(C(=O)c2ccccc2)c(Nc2ccccc2)c1. The van der Waals surface area contributed by atoms with E-state index in [9.17, 15) is 4.79 Å². The van der Waals surface area contributed by atoms with E-state index in [0.717, 1.165) is 16.9 Å². The van der Waals surface area contributed by atoms with Crippen molar-refractivity contribution in [3.63, 3.8) is 0 Å². The average Bonchev–Trinajstić information content (AvgIpc) is 2.56. The molecule has 3 aromatic rings. The zero-order valence-electron chi connectivity index (χ0n) is 12.4. The molecular weight excluding hydrogens is 270 g/mol. The van der Waals surface area contributed by atoms with Crippen LogP contribution in [-0.4, -0.2) is 5.78 Å². The number of para-hydroxylation sites is 1. The van der Waals surface area contributed by atoms with E-state index < -0.39 is 0 Å². The van der Waals surface area contributed by atoms with Crippen molar-refractivity contribution >= 4 is 17.2 Å². The second-order valence-electron chi connectivity index (χ2n) is 5.24. The number of anilines is 2. The zero-order valence-corrected chi connectivity index (χ0v) is 12.4. The van der Waals surface area contributed by atoms with Crippen molar-refractivity contribution in [1.82, 2.24) is 0 Å². The number of aryl methyl sites for hydroxylation is 1. The fourth-order valence-electron chi connectivity index (χ4n) is 2.38. The van der Waals surface area contributed by atoms with E-state index in [0.29, 0.717) is 11.1 Å². The molecule has 3 rings (SSSR count). The molecule has 2 heteroatoms. The third kappa shape index (κ3) is 3.07. The molecule has 3 aromatic carbocycles. The largest absolute Gasteiger partial charge is 0.355 e. The first-order valence-corrected chi connectivity index (χ1v) is 7.26. The van der Waals surface area contributed by atoms with Crippen LogP contribution in [0.3, 0.4) is 0 Å². The molecule has 22 heavy (non-hydrogen) atoms. The number of hydrogen-bond donors (Lipinski definition) is 1. The molecule has 0 radical (unpaired) electrons. The van der Waals surface area contributed by atoms with Crippen molar-refractivity contribution in [3.05, 3.63) is 95.6 Å². The van der Waals surface area contributed by atoms with Gasteiger partial charge in [-0.05, 0) is 36.8 Å². The minimum absolute atomic E-state index is 0.0269. The maximum absolute atomic E-state index is 12.7. The molecule has 0 amide bonds. The van der Waals surface area contributed by atoms with Crippen molar-refractivity contribution in [2.75, 3.05) is 5.32 Å².